The number of carbonyl (C=O) groups excluding carboxylic acids is 1. The van der Waals surface area contributed by atoms with Crippen LogP contribution < -0.4 is 4.90 Å². The van der Waals surface area contributed by atoms with Crippen molar-refractivity contribution < 1.29 is 13.2 Å². The van der Waals surface area contributed by atoms with Crippen LogP contribution in [0.3, 0.4) is 0 Å². The fourth-order valence-electron chi connectivity index (χ4n) is 5.23. The summed E-state index contributed by atoms with van der Waals surface area (Å²) >= 11 is 1.69. The fourth-order valence-corrected chi connectivity index (χ4v) is 7.72. The first-order chi connectivity index (χ1) is 18.3. The molecule has 4 aromatic rings. The molecule has 2 aliphatic heterocycles. The van der Waals surface area contributed by atoms with Crippen LogP contribution in [0.25, 0.3) is 10.2 Å². The first-order valence-electron chi connectivity index (χ1n) is 12.9. The summed E-state index contributed by atoms with van der Waals surface area (Å²) in [5, 5.41) is 0.996. The summed E-state index contributed by atoms with van der Waals surface area (Å²) in [6.45, 7) is 7.67. The van der Waals surface area contributed by atoms with Crippen LogP contribution in [0.15, 0.2) is 65.6 Å². The number of thiazole rings is 1. The average Bonchev–Trinajstić information content (AvgIpc) is 3.40. The maximum Gasteiger partial charge on any atom is 0.253 e. The molecule has 2 aliphatic rings. The van der Waals surface area contributed by atoms with Gasteiger partial charge in [0, 0.05) is 44.8 Å². The van der Waals surface area contributed by atoms with Crippen LogP contribution in [0.4, 0.5) is 5.13 Å². The first kappa shape index (κ1) is 25.0. The van der Waals surface area contributed by atoms with Gasteiger partial charge in [-0.2, -0.15) is 4.31 Å². The molecular formula is C29H30N4O3S2. The van der Waals surface area contributed by atoms with E-state index in [1.165, 1.54) is 25.7 Å². The van der Waals surface area contributed by atoms with Crippen molar-refractivity contribution in [1.82, 2.24) is 14.2 Å². The second kappa shape index (κ2) is 9.80. The summed E-state index contributed by atoms with van der Waals surface area (Å²) in [6, 6.07) is 18.6. The molecule has 0 spiro atoms. The third-order valence-corrected chi connectivity index (χ3v) is 10.7. The van der Waals surface area contributed by atoms with Crippen molar-refractivity contribution in [2.75, 3.05) is 37.6 Å². The molecular weight excluding hydrogens is 516 g/mol. The summed E-state index contributed by atoms with van der Waals surface area (Å²) < 4.78 is 29.3. The molecule has 6 rings (SSSR count). The molecule has 1 amide bonds. The van der Waals surface area contributed by atoms with Crippen LogP contribution in [0, 0.1) is 13.8 Å². The second-order valence-corrected chi connectivity index (χ2v) is 13.0. The van der Waals surface area contributed by atoms with Crippen molar-refractivity contribution in [3.8, 4) is 0 Å². The Bertz CT molecular complexity index is 1620. The highest BCUT2D eigenvalue weighted by molar-refractivity contribution is 7.89. The zero-order valence-electron chi connectivity index (χ0n) is 21.6. The number of aromatic nitrogens is 1. The average molecular weight is 547 g/mol. The van der Waals surface area contributed by atoms with Crippen LogP contribution in [-0.2, 0) is 23.0 Å². The van der Waals surface area contributed by atoms with E-state index in [0.29, 0.717) is 51.3 Å². The number of anilines is 1. The number of hydrogen-bond donors (Lipinski definition) is 0. The second-order valence-electron chi connectivity index (χ2n) is 10.0. The highest BCUT2D eigenvalue weighted by Crippen LogP contribution is 2.32. The predicted molar refractivity (Wildman–Crippen MR) is 151 cm³/mol. The summed E-state index contributed by atoms with van der Waals surface area (Å²) in [4.78, 5) is 22.4. The molecule has 1 saturated heterocycles. The highest BCUT2D eigenvalue weighted by Gasteiger charge is 2.29. The normalized spacial score (nSPS) is 16.6. The molecule has 7 nitrogen and oxygen atoms in total. The summed E-state index contributed by atoms with van der Waals surface area (Å²) in [5.41, 5.74) is 6.27. The Balaban J connectivity index is 1.11. The Kier molecular flexibility index (Phi) is 6.45. The first-order valence-corrected chi connectivity index (χ1v) is 15.1. The van der Waals surface area contributed by atoms with Gasteiger partial charge in [0.2, 0.25) is 10.0 Å². The number of sulfonamides is 1. The molecule has 196 valence electrons. The zero-order chi connectivity index (χ0) is 26.4. The van der Waals surface area contributed by atoms with Gasteiger partial charge in [-0.25, -0.2) is 13.4 Å². The van der Waals surface area contributed by atoms with E-state index < -0.39 is 10.0 Å². The van der Waals surface area contributed by atoms with Gasteiger partial charge in [-0.1, -0.05) is 41.7 Å². The van der Waals surface area contributed by atoms with Crippen LogP contribution >= 0.6 is 11.3 Å². The van der Waals surface area contributed by atoms with Gasteiger partial charge in [-0.05, 0) is 72.9 Å². The Labute approximate surface area is 227 Å². The van der Waals surface area contributed by atoms with Crippen molar-refractivity contribution in [3.05, 3.63) is 88.5 Å². The predicted octanol–water partition coefficient (Wildman–Crippen LogP) is 4.62. The van der Waals surface area contributed by atoms with E-state index in [1.54, 1.807) is 35.6 Å². The number of amides is 1. The number of benzene rings is 3. The van der Waals surface area contributed by atoms with Crippen LogP contribution in [0.2, 0.25) is 0 Å². The number of nitrogens with zero attached hydrogens (tertiary/aromatic N) is 4. The van der Waals surface area contributed by atoms with E-state index >= 15 is 0 Å². The lowest BCUT2D eigenvalue weighted by Crippen LogP contribution is -2.48. The Morgan fingerprint density at radius 1 is 0.868 bits per heavy atom. The Morgan fingerprint density at radius 3 is 2.32 bits per heavy atom. The molecule has 0 bridgehead atoms. The molecule has 9 heteroatoms. The van der Waals surface area contributed by atoms with E-state index in [1.807, 2.05) is 23.1 Å². The summed E-state index contributed by atoms with van der Waals surface area (Å²) in [7, 11) is -3.63. The number of piperazine rings is 1. The Hall–Kier alpha value is -3.27. The van der Waals surface area contributed by atoms with Crippen molar-refractivity contribution in [2.45, 2.75) is 31.7 Å². The lowest BCUT2D eigenvalue weighted by molar-refractivity contribution is 0.0746. The number of aryl methyl sites for hydroxylation is 2. The molecule has 1 fully saturated rings. The third-order valence-electron chi connectivity index (χ3n) is 7.75. The molecule has 3 aromatic carbocycles. The van der Waals surface area contributed by atoms with E-state index in [9.17, 15) is 13.2 Å². The standard InChI is InChI=1S/C29H30N4O3S2/c1-20-7-12-26-27(21(20)2)30-29(37-26)32-17-15-31(16-18-32)28(34)23-8-10-25(11-9-23)38(35,36)33-14-13-22-5-3-4-6-24(22)19-33/h3-12H,13-19H2,1-2H3. The Morgan fingerprint density at radius 2 is 1.58 bits per heavy atom. The summed E-state index contributed by atoms with van der Waals surface area (Å²) in [6.07, 6.45) is 0.703. The van der Waals surface area contributed by atoms with Gasteiger partial charge in [0.1, 0.15) is 0 Å². The quantitative estimate of drug-likeness (QED) is 0.373. The SMILES string of the molecule is Cc1ccc2sc(N3CCN(C(=O)c4ccc(S(=O)(=O)N5CCc6ccccc6C5)cc4)CC3)nc2c1C. The van der Waals surface area contributed by atoms with Crippen molar-refractivity contribution in [2.24, 2.45) is 0 Å². The molecule has 0 atom stereocenters. The summed E-state index contributed by atoms with van der Waals surface area (Å²) in [5.74, 6) is -0.0729. The number of rotatable bonds is 4. The lowest BCUT2D eigenvalue weighted by Gasteiger charge is -2.34. The molecule has 1 aromatic heterocycles. The molecule has 0 aliphatic carbocycles. The number of carbonyl (C=O) groups is 1. The maximum atomic E-state index is 13.3. The minimum absolute atomic E-state index is 0.0729. The van der Waals surface area contributed by atoms with Gasteiger partial charge in [-0.3, -0.25) is 4.79 Å². The number of hydrogen-bond acceptors (Lipinski definition) is 6. The minimum Gasteiger partial charge on any atom is -0.345 e. The molecule has 0 saturated carbocycles. The minimum atomic E-state index is -3.63. The fraction of sp³-hybridized carbons (Fsp3) is 0.310. The molecule has 0 N–H and O–H groups in total. The largest absolute Gasteiger partial charge is 0.345 e. The monoisotopic (exact) mass is 546 g/mol. The zero-order valence-corrected chi connectivity index (χ0v) is 23.2. The highest BCUT2D eigenvalue weighted by atomic mass is 32.2. The molecule has 38 heavy (non-hydrogen) atoms. The van der Waals surface area contributed by atoms with E-state index in [2.05, 4.69) is 36.9 Å². The van der Waals surface area contributed by atoms with Gasteiger partial charge >= 0.3 is 0 Å². The molecule has 0 unspecified atom stereocenters. The van der Waals surface area contributed by atoms with Gasteiger partial charge in [0.25, 0.3) is 5.91 Å². The van der Waals surface area contributed by atoms with Crippen LogP contribution in [0.5, 0.6) is 0 Å². The van der Waals surface area contributed by atoms with E-state index in [4.69, 9.17) is 4.98 Å². The van der Waals surface area contributed by atoms with Crippen LogP contribution in [-0.4, -0.2) is 61.2 Å². The maximum absolute atomic E-state index is 13.3. The van der Waals surface area contributed by atoms with Gasteiger partial charge in [0.15, 0.2) is 5.13 Å². The van der Waals surface area contributed by atoms with Crippen molar-refractivity contribution in [3.63, 3.8) is 0 Å². The van der Waals surface area contributed by atoms with E-state index in [0.717, 1.165) is 16.2 Å². The topological polar surface area (TPSA) is 73.8 Å². The van der Waals surface area contributed by atoms with Gasteiger partial charge in [0.05, 0.1) is 15.1 Å². The number of fused-ring (bicyclic) bond motifs is 2. The smallest absolute Gasteiger partial charge is 0.253 e. The van der Waals surface area contributed by atoms with Crippen molar-refractivity contribution in [1.29, 1.82) is 0 Å². The van der Waals surface area contributed by atoms with Crippen molar-refractivity contribution >= 4 is 42.6 Å². The third kappa shape index (κ3) is 4.48. The van der Waals surface area contributed by atoms with Crippen LogP contribution in [0.1, 0.15) is 32.6 Å². The lowest BCUT2D eigenvalue weighted by atomic mass is 10.0. The molecule has 0 radical (unpaired) electrons. The molecule has 3 heterocycles. The van der Waals surface area contributed by atoms with Gasteiger partial charge < -0.3 is 9.80 Å². The van der Waals surface area contributed by atoms with E-state index in [-0.39, 0.29) is 10.8 Å². The van der Waals surface area contributed by atoms with Gasteiger partial charge in [-0.15, -0.1) is 0 Å².